The smallest absolute Gasteiger partial charge is 0.121 e. The molecule has 0 aliphatic heterocycles. The van der Waals surface area contributed by atoms with Gasteiger partial charge in [0.2, 0.25) is 0 Å². The van der Waals surface area contributed by atoms with Gasteiger partial charge in [-0.2, -0.15) is 0 Å². The minimum atomic E-state index is 0.227. The lowest BCUT2D eigenvalue weighted by atomic mass is 10.6. The molecule has 1 nitrogen and oxygen atoms in total. The van der Waals surface area contributed by atoms with Crippen LogP contribution >= 0.6 is 11.6 Å². The molecule has 0 atom stereocenters. The lowest BCUT2D eigenvalue weighted by Gasteiger charge is -1.86. The summed E-state index contributed by atoms with van der Waals surface area (Å²) < 4.78 is 4.63. The number of ether oxygens (including phenoxy) is 1. The third kappa shape index (κ3) is 5.99. The van der Waals surface area contributed by atoms with Crippen molar-refractivity contribution in [3.63, 3.8) is 0 Å². The third-order valence-corrected chi connectivity index (χ3v) is 0.556. The fourth-order valence-corrected chi connectivity index (χ4v) is 0.243. The van der Waals surface area contributed by atoms with Crippen molar-refractivity contribution in [3.05, 3.63) is 18.8 Å². The minimum absolute atomic E-state index is 0.227. The first-order valence-corrected chi connectivity index (χ1v) is 2.57. The highest BCUT2D eigenvalue weighted by molar-refractivity contribution is 6.17. The van der Waals surface area contributed by atoms with Crippen molar-refractivity contribution in [2.24, 2.45) is 0 Å². The van der Waals surface area contributed by atoms with E-state index >= 15 is 0 Å². The zero-order chi connectivity index (χ0) is 5.54. The molecule has 0 heterocycles. The number of hydrogen-bond acceptors (Lipinski definition) is 1. The molecule has 0 aromatic heterocycles. The molecule has 0 unspecified atom stereocenters. The van der Waals surface area contributed by atoms with Gasteiger partial charge < -0.3 is 4.74 Å². The Labute approximate surface area is 48.9 Å². The summed E-state index contributed by atoms with van der Waals surface area (Å²) in [5, 5.41) is 0. The van der Waals surface area contributed by atoms with Gasteiger partial charge in [-0.15, -0.1) is 0 Å². The summed E-state index contributed by atoms with van der Waals surface area (Å²) in [6.45, 7) is 3.46. The Kier molecular flexibility index (Phi) is 5.98. The second-order valence-electron chi connectivity index (χ2n) is 0.938. The molecule has 0 amide bonds. The molecule has 0 aliphatic carbocycles. The lowest BCUT2D eigenvalue weighted by Crippen LogP contribution is -1.76. The number of alkyl halides is 1. The molecule has 7 heavy (non-hydrogen) atoms. The minimum Gasteiger partial charge on any atom is -0.355 e. The highest BCUT2D eigenvalue weighted by Gasteiger charge is 1.73. The summed E-state index contributed by atoms with van der Waals surface area (Å²) in [5.41, 5.74) is 0. The van der Waals surface area contributed by atoms with Gasteiger partial charge in [0, 0.05) is 0 Å². The first-order valence-electron chi connectivity index (χ1n) is 2.04. The summed E-state index contributed by atoms with van der Waals surface area (Å²) >= 11 is 5.15. The maximum atomic E-state index is 5.15. The maximum absolute atomic E-state index is 5.15. The van der Waals surface area contributed by atoms with Crippen LogP contribution in [0.3, 0.4) is 0 Å². The van der Waals surface area contributed by atoms with E-state index in [1.54, 1.807) is 12.7 Å². The fraction of sp³-hybridized carbons (Fsp3) is 0.400. The maximum Gasteiger partial charge on any atom is 0.121 e. The molecule has 0 aromatic rings. The number of halogens is 1. The molecule has 0 aliphatic rings. The van der Waals surface area contributed by atoms with E-state index in [2.05, 4.69) is 4.74 Å². The van der Waals surface area contributed by atoms with Crippen LogP contribution in [-0.2, 0) is 4.74 Å². The molecule has 0 bridgehead atoms. The van der Waals surface area contributed by atoms with Crippen molar-refractivity contribution in [2.75, 3.05) is 6.07 Å². The SMILES string of the molecule is C/C=C/[CH]OCCl. The molecule has 2 heteroatoms. The van der Waals surface area contributed by atoms with E-state index in [1.165, 1.54) is 0 Å². The zero-order valence-electron chi connectivity index (χ0n) is 4.23. The van der Waals surface area contributed by atoms with Crippen LogP contribution in [0.25, 0.3) is 0 Å². The molecule has 0 aromatic carbocycles. The van der Waals surface area contributed by atoms with Crippen LogP contribution in [0.15, 0.2) is 12.2 Å². The van der Waals surface area contributed by atoms with Crippen molar-refractivity contribution >= 4 is 11.6 Å². The monoisotopic (exact) mass is 119 g/mol. The van der Waals surface area contributed by atoms with E-state index < -0.39 is 0 Å². The Balaban J connectivity index is 2.69. The van der Waals surface area contributed by atoms with Crippen molar-refractivity contribution in [2.45, 2.75) is 6.92 Å². The van der Waals surface area contributed by atoms with Gasteiger partial charge in [-0.05, 0) is 6.92 Å². The molecule has 1 radical (unpaired) electrons. The Morgan fingerprint density at radius 3 is 2.86 bits per heavy atom. The second kappa shape index (κ2) is 5.99. The highest BCUT2D eigenvalue weighted by atomic mass is 35.5. The summed E-state index contributed by atoms with van der Waals surface area (Å²) in [5.74, 6) is 0. The van der Waals surface area contributed by atoms with Gasteiger partial charge in [0.15, 0.2) is 0 Å². The predicted octanol–water partition coefficient (Wildman–Crippen LogP) is 1.94. The van der Waals surface area contributed by atoms with Crippen molar-refractivity contribution < 1.29 is 4.74 Å². The van der Waals surface area contributed by atoms with Crippen LogP contribution < -0.4 is 0 Å². The normalized spacial score (nSPS) is 10.6. The highest BCUT2D eigenvalue weighted by Crippen LogP contribution is 1.84. The van der Waals surface area contributed by atoms with Gasteiger partial charge in [-0.3, -0.25) is 0 Å². The largest absolute Gasteiger partial charge is 0.355 e. The molecular formula is C5H8ClO. The lowest BCUT2D eigenvalue weighted by molar-refractivity contribution is 0.273. The average molecular weight is 120 g/mol. The summed E-state index contributed by atoms with van der Waals surface area (Å²) in [6, 6.07) is 0.227. The van der Waals surface area contributed by atoms with Crippen molar-refractivity contribution in [1.29, 1.82) is 0 Å². The van der Waals surface area contributed by atoms with E-state index in [1.807, 2.05) is 13.0 Å². The van der Waals surface area contributed by atoms with Gasteiger partial charge in [0.25, 0.3) is 0 Å². The van der Waals surface area contributed by atoms with E-state index in [0.717, 1.165) is 0 Å². The standard InChI is InChI=1S/C5H8ClO/c1-2-3-4-7-5-6/h2-4H,5H2,1H3/b3-2+. The molecule has 41 valence electrons. The number of allylic oxidation sites excluding steroid dienone is 1. The first kappa shape index (κ1) is 6.99. The molecule has 0 fully saturated rings. The van der Waals surface area contributed by atoms with Gasteiger partial charge in [-0.1, -0.05) is 23.8 Å². The van der Waals surface area contributed by atoms with Crippen LogP contribution in [-0.4, -0.2) is 6.07 Å². The first-order chi connectivity index (χ1) is 3.41. The van der Waals surface area contributed by atoms with Gasteiger partial charge in [0.1, 0.15) is 12.7 Å². The van der Waals surface area contributed by atoms with E-state index in [-0.39, 0.29) is 6.07 Å². The molecular weight excluding hydrogens is 112 g/mol. The van der Waals surface area contributed by atoms with Gasteiger partial charge in [-0.25, -0.2) is 0 Å². The van der Waals surface area contributed by atoms with Crippen molar-refractivity contribution in [3.8, 4) is 0 Å². The summed E-state index contributed by atoms with van der Waals surface area (Å²) in [6.07, 6.45) is 3.65. The van der Waals surface area contributed by atoms with E-state index in [0.29, 0.717) is 0 Å². The third-order valence-electron chi connectivity index (χ3n) is 0.430. The Hall–Kier alpha value is -0.0100. The summed E-state index contributed by atoms with van der Waals surface area (Å²) in [7, 11) is 0. The Morgan fingerprint density at radius 1 is 1.71 bits per heavy atom. The van der Waals surface area contributed by atoms with Crippen LogP contribution in [0.1, 0.15) is 6.92 Å². The molecule has 0 rings (SSSR count). The average Bonchev–Trinajstić information content (AvgIpc) is 1.69. The van der Waals surface area contributed by atoms with Crippen LogP contribution in [0.4, 0.5) is 0 Å². The molecule has 0 N–H and O–H groups in total. The van der Waals surface area contributed by atoms with E-state index in [9.17, 15) is 0 Å². The Morgan fingerprint density at radius 2 is 2.43 bits per heavy atom. The quantitative estimate of drug-likeness (QED) is 0.408. The molecule has 0 saturated carbocycles. The van der Waals surface area contributed by atoms with Crippen molar-refractivity contribution in [1.82, 2.24) is 0 Å². The second-order valence-corrected chi connectivity index (χ2v) is 1.16. The summed E-state index contributed by atoms with van der Waals surface area (Å²) in [4.78, 5) is 0. The Bertz CT molecular complexity index is 52.0. The molecule has 0 spiro atoms. The predicted molar refractivity (Wildman–Crippen MR) is 30.9 cm³/mol. The topological polar surface area (TPSA) is 9.23 Å². The molecule has 0 saturated heterocycles. The van der Waals surface area contributed by atoms with Crippen LogP contribution in [0, 0.1) is 6.61 Å². The van der Waals surface area contributed by atoms with Crippen LogP contribution in [0.2, 0.25) is 0 Å². The fourth-order valence-electron chi connectivity index (χ4n) is 0.170. The number of hydrogen-bond donors (Lipinski definition) is 0. The zero-order valence-corrected chi connectivity index (χ0v) is 4.98. The van der Waals surface area contributed by atoms with E-state index in [4.69, 9.17) is 11.6 Å². The van der Waals surface area contributed by atoms with Crippen LogP contribution in [0.5, 0.6) is 0 Å². The number of rotatable bonds is 3. The van der Waals surface area contributed by atoms with Gasteiger partial charge >= 0.3 is 0 Å². The van der Waals surface area contributed by atoms with Gasteiger partial charge in [0.05, 0.1) is 0 Å².